The average molecular weight is 324 g/mol. The van der Waals surface area contributed by atoms with Crippen molar-refractivity contribution in [1.82, 2.24) is 10.6 Å². The first-order valence-electron chi connectivity index (χ1n) is 6.13. The molecule has 6 heteroatoms. The van der Waals surface area contributed by atoms with Gasteiger partial charge in [-0.15, -0.1) is 12.4 Å². The molecule has 1 amide bonds. The van der Waals surface area contributed by atoms with Crippen molar-refractivity contribution >= 4 is 41.5 Å². The SMILES string of the molecule is Cl.O=C(NCC[C@H]1CCCN1)c1ccc(Cl)cc1Cl. The quantitative estimate of drug-likeness (QED) is 0.893. The summed E-state index contributed by atoms with van der Waals surface area (Å²) in [6.07, 6.45) is 3.37. The van der Waals surface area contributed by atoms with Gasteiger partial charge in [-0.1, -0.05) is 23.2 Å². The fraction of sp³-hybridized carbons (Fsp3) is 0.462. The van der Waals surface area contributed by atoms with Crippen molar-refractivity contribution in [1.29, 1.82) is 0 Å². The summed E-state index contributed by atoms with van der Waals surface area (Å²) in [5.74, 6) is -0.144. The lowest BCUT2D eigenvalue weighted by molar-refractivity contribution is 0.0952. The van der Waals surface area contributed by atoms with Crippen LogP contribution in [0.3, 0.4) is 0 Å². The number of hydrogen-bond acceptors (Lipinski definition) is 2. The normalized spacial score (nSPS) is 17.9. The van der Waals surface area contributed by atoms with E-state index in [-0.39, 0.29) is 18.3 Å². The Kier molecular flexibility index (Phi) is 6.94. The van der Waals surface area contributed by atoms with E-state index >= 15 is 0 Å². The molecule has 0 aliphatic carbocycles. The number of carbonyl (C=O) groups excluding carboxylic acids is 1. The molecule has 0 bridgehead atoms. The number of rotatable bonds is 4. The highest BCUT2D eigenvalue weighted by molar-refractivity contribution is 6.36. The Labute approximate surface area is 129 Å². The maximum atomic E-state index is 11.9. The van der Waals surface area contributed by atoms with Crippen molar-refractivity contribution in [3.8, 4) is 0 Å². The van der Waals surface area contributed by atoms with Gasteiger partial charge in [0.25, 0.3) is 5.91 Å². The summed E-state index contributed by atoms with van der Waals surface area (Å²) in [4.78, 5) is 11.9. The van der Waals surface area contributed by atoms with Crippen LogP contribution >= 0.6 is 35.6 Å². The van der Waals surface area contributed by atoms with Gasteiger partial charge in [-0.05, 0) is 44.0 Å². The first kappa shape index (κ1) is 16.6. The highest BCUT2D eigenvalue weighted by Gasteiger charge is 2.15. The molecular weight excluding hydrogens is 307 g/mol. The molecule has 19 heavy (non-hydrogen) atoms. The number of halogens is 3. The highest BCUT2D eigenvalue weighted by atomic mass is 35.5. The van der Waals surface area contributed by atoms with E-state index in [1.165, 1.54) is 12.8 Å². The Morgan fingerprint density at radius 3 is 2.84 bits per heavy atom. The van der Waals surface area contributed by atoms with Crippen LogP contribution in [0, 0.1) is 0 Å². The molecule has 106 valence electrons. The minimum Gasteiger partial charge on any atom is -0.352 e. The molecule has 3 nitrogen and oxygen atoms in total. The predicted molar refractivity (Wildman–Crippen MR) is 81.7 cm³/mol. The summed E-state index contributed by atoms with van der Waals surface area (Å²) >= 11 is 11.8. The molecule has 1 aromatic carbocycles. The Bertz CT molecular complexity index is 434. The summed E-state index contributed by atoms with van der Waals surface area (Å²) in [5, 5.41) is 7.20. The molecule has 2 rings (SSSR count). The van der Waals surface area contributed by atoms with E-state index in [4.69, 9.17) is 23.2 Å². The third-order valence-electron chi connectivity index (χ3n) is 3.12. The second-order valence-electron chi connectivity index (χ2n) is 4.46. The van der Waals surface area contributed by atoms with Crippen LogP contribution in [-0.2, 0) is 0 Å². The number of carbonyl (C=O) groups is 1. The monoisotopic (exact) mass is 322 g/mol. The fourth-order valence-electron chi connectivity index (χ4n) is 2.13. The largest absolute Gasteiger partial charge is 0.352 e. The first-order valence-corrected chi connectivity index (χ1v) is 6.89. The lowest BCUT2D eigenvalue weighted by Crippen LogP contribution is -2.30. The van der Waals surface area contributed by atoms with Gasteiger partial charge in [0.15, 0.2) is 0 Å². The molecule has 1 atom stereocenters. The molecule has 0 spiro atoms. The standard InChI is InChI=1S/C13H16Cl2N2O.ClH/c14-9-3-4-11(12(15)8-9)13(18)17-7-5-10-2-1-6-16-10;/h3-4,8,10,16H,1-2,5-7H2,(H,17,18);1H/t10-;/m1./s1. The van der Waals surface area contributed by atoms with Crippen LogP contribution in [-0.4, -0.2) is 25.0 Å². The van der Waals surface area contributed by atoms with E-state index in [0.29, 0.717) is 28.2 Å². The lowest BCUT2D eigenvalue weighted by atomic mass is 10.1. The van der Waals surface area contributed by atoms with Gasteiger partial charge in [-0.2, -0.15) is 0 Å². The number of hydrogen-bond donors (Lipinski definition) is 2. The Morgan fingerprint density at radius 1 is 1.42 bits per heavy atom. The third kappa shape index (κ3) is 4.84. The highest BCUT2D eigenvalue weighted by Crippen LogP contribution is 2.20. The molecule has 1 aliphatic heterocycles. The molecule has 2 N–H and O–H groups in total. The van der Waals surface area contributed by atoms with E-state index in [9.17, 15) is 4.79 Å². The second-order valence-corrected chi connectivity index (χ2v) is 5.31. The van der Waals surface area contributed by atoms with Gasteiger partial charge in [-0.3, -0.25) is 4.79 Å². The summed E-state index contributed by atoms with van der Waals surface area (Å²) in [6, 6.07) is 5.43. The first-order chi connectivity index (χ1) is 8.66. The predicted octanol–water partition coefficient (Wildman–Crippen LogP) is 3.29. The summed E-state index contributed by atoms with van der Waals surface area (Å²) in [6.45, 7) is 1.75. The smallest absolute Gasteiger partial charge is 0.252 e. The molecule has 0 unspecified atom stereocenters. The average Bonchev–Trinajstić information content (AvgIpc) is 2.81. The van der Waals surface area contributed by atoms with Gasteiger partial charge >= 0.3 is 0 Å². The molecule has 0 aromatic heterocycles. The Morgan fingerprint density at radius 2 is 2.21 bits per heavy atom. The third-order valence-corrected chi connectivity index (χ3v) is 3.66. The van der Waals surface area contributed by atoms with Crippen molar-refractivity contribution in [3.63, 3.8) is 0 Å². The maximum absolute atomic E-state index is 11.9. The van der Waals surface area contributed by atoms with Crippen LogP contribution < -0.4 is 10.6 Å². The second kappa shape index (κ2) is 7.95. The van der Waals surface area contributed by atoms with E-state index in [0.717, 1.165) is 13.0 Å². The van der Waals surface area contributed by atoms with Crippen molar-refractivity contribution in [2.45, 2.75) is 25.3 Å². The van der Waals surface area contributed by atoms with Gasteiger partial charge in [0.1, 0.15) is 0 Å². The molecule has 1 aromatic rings. The molecule has 1 saturated heterocycles. The zero-order valence-corrected chi connectivity index (χ0v) is 12.7. The van der Waals surface area contributed by atoms with Crippen LogP contribution in [0.25, 0.3) is 0 Å². The summed E-state index contributed by atoms with van der Waals surface area (Å²) < 4.78 is 0. The van der Waals surface area contributed by atoms with Gasteiger partial charge in [0.05, 0.1) is 10.6 Å². The Balaban J connectivity index is 0.00000180. The van der Waals surface area contributed by atoms with E-state index in [1.807, 2.05) is 0 Å². The topological polar surface area (TPSA) is 41.1 Å². The summed E-state index contributed by atoms with van der Waals surface area (Å²) in [5.41, 5.74) is 0.473. The van der Waals surface area contributed by atoms with Crippen LogP contribution in [0.2, 0.25) is 10.0 Å². The van der Waals surface area contributed by atoms with Crippen molar-refractivity contribution in [3.05, 3.63) is 33.8 Å². The lowest BCUT2D eigenvalue weighted by Gasteiger charge is -2.11. The Hall–Kier alpha value is -0.480. The molecule has 1 heterocycles. The summed E-state index contributed by atoms with van der Waals surface area (Å²) in [7, 11) is 0. The molecule has 1 fully saturated rings. The zero-order chi connectivity index (χ0) is 13.0. The van der Waals surface area contributed by atoms with Crippen LogP contribution in [0.4, 0.5) is 0 Å². The van der Waals surface area contributed by atoms with Crippen molar-refractivity contribution < 1.29 is 4.79 Å². The van der Waals surface area contributed by atoms with Crippen LogP contribution in [0.5, 0.6) is 0 Å². The number of nitrogens with one attached hydrogen (secondary N) is 2. The minimum absolute atomic E-state index is 0. The van der Waals surface area contributed by atoms with Gasteiger partial charge in [0, 0.05) is 17.6 Å². The number of amides is 1. The van der Waals surface area contributed by atoms with Gasteiger partial charge in [-0.25, -0.2) is 0 Å². The minimum atomic E-state index is -0.144. The maximum Gasteiger partial charge on any atom is 0.252 e. The molecule has 0 saturated carbocycles. The van der Waals surface area contributed by atoms with Gasteiger partial charge < -0.3 is 10.6 Å². The van der Waals surface area contributed by atoms with E-state index in [2.05, 4.69) is 10.6 Å². The van der Waals surface area contributed by atoms with Crippen molar-refractivity contribution in [2.75, 3.05) is 13.1 Å². The fourth-order valence-corrected chi connectivity index (χ4v) is 2.63. The van der Waals surface area contributed by atoms with Crippen LogP contribution in [0.1, 0.15) is 29.6 Å². The molecule has 0 radical (unpaired) electrons. The van der Waals surface area contributed by atoms with E-state index in [1.54, 1.807) is 18.2 Å². The zero-order valence-electron chi connectivity index (χ0n) is 10.4. The molecule has 1 aliphatic rings. The van der Waals surface area contributed by atoms with E-state index < -0.39 is 0 Å². The van der Waals surface area contributed by atoms with Crippen molar-refractivity contribution in [2.24, 2.45) is 0 Å². The van der Waals surface area contributed by atoms with Crippen LogP contribution in [0.15, 0.2) is 18.2 Å². The molecular formula is C13H17Cl3N2O. The number of benzene rings is 1. The van der Waals surface area contributed by atoms with Gasteiger partial charge in [0.2, 0.25) is 0 Å².